The maximum absolute atomic E-state index is 9.83. The highest BCUT2D eigenvalue weighted by Gasteiger charge is 2.21. The van der Waals surface area contributed by atoms with Crippen molar-refractivity contribution < 1.29 is 14.0 Å². The lowest BCUT2D eigenvalue weighted by Crippen LogP contribution is -2.27. The SMILES string of the molecule is CC[C@H](N)C(O)c1ncc(-c2cc(C)on2)o1. The number of aryl methyl sites for hydroxylation is 1. The smallest absolute Gasteiger partial charge is 0.225 e. The Hall–Kier alpha value is -1.66. The average molecular weight is 237 g/mol. The van der Waals surface area contributed by atoms with Crippen molar-refractivity contribution in [3.63, 3.8) is 0 Å². The second-order valence-electron chi connectivity index (χ2n) is 3.90. The van der Waals surface area contributed by atoms with Crippen molar-refractivity contribution in [2.24, 2.45) is 5.73 Å². The predicted octanol–water partition coefficient (Wildman–Crippen LogP) is 1.41. The van der Waals surface area contributed by atoms with Crippen LogP contribution in [0.1, 0.15) is 31.1 Å². The largest absolute Gasteiger partial charge is 0.436 e. The van der Waals surface area contributed by atoms with Gasteiger partial charge >= 0.3 is 0 Å². The zero-order chi connectivity index (χ0) is 12.4. The van der Waals surface area contributed by atoms with Gasteiger partial charge in [-0.2, -0.15) is 0 Å². The lowest BCUT2D eigenvalue weighted by Gasteiger charge is -2.12. The molecule has 6 nitrogen and oxygen atoms in total. The van der Waals surface area contributed by atoms with Crippen molar-refractivity contribution in [2.75, 3.05) is 0 Å². The van der Waals surface area contributed by atoms with E-state index in [1.54, 1.807) is 13.0 Å². The molecule has 0 saturated heterocycles. The summed E-state index contributed by atoms with van der Waals surface area (Å²) in [5.41, 5.74) is 6.27. The Morgan fingerprint density at radius 2 is 2.29 bits per heavy atom. The van der Waals surface area contributed by atoms with Crippen LogP contribution in [0.5, 0.6) is 0 Å². The summed E-state index contributed by atoms with van der Waals surface area (Å²) in [5, 5.41) is 13.6. The third kappa shape index (κ3) is 2.37. The molecule has 0 bridgehead atoms. The molecule has 17 heavy (non-hydrogen) atoms. The van der Waals surface area contributed by atoms with Crippen LogP contribution in [0.15, 0.2) is 21.2 Å². The van der Waals surface area contributed by atoms with Crippen LogP contribution in [-0.2, 0) is 0 Å². The van der Waals surface area contributed by atoms with Gasteiger partial charge in [-0.3, -0.25) is 0 Å². The van der Waals surface area contributed by atoms with E-state index in [0.717, 1.165) is 0 Å². The Kier molecular flexibility index (Phi) is 3.26. The van der Waals surface area contributed by atoms with E-state index in [9.17, 15) is 5.11 Å². The summed E-state index contributed by atoms with van der Waals surface area (Å²) in [6.45, 7) is 3.67. The van der Waals surface area contributed by atoms with Gasteiger partial charge in [0.05, 0.1) is 6.20 Å². The normalized spacial score (nSPS) is 14.8. The van der Waals surface area contributed by atoms with Gasteiger partial charge in [-0.25, -0.2) is 4.98 Å². The van der Waals surface area contributed by atoms with E-state index in [0.29, 0.717) is 23.6 Å². The molecule has 92 valence electrons. The molecule has 0 aliphatic heterocycles. The molecule has 2 aromatic heterocycles. The van der Waals surface area contributed by atoms with Crippen LogP contribution in [0, 0.1) is 6.92 Å². The summed E-state index contributed by atoms with van der Waals surface area (Å²) < 4.78 is 10.3. The maximum atomic E-state index is 9.83. The molecule has 2 heterocycles. The fourth-order valence-electron chi connectivity index (χ4n) is 1.43. The third-order valence-corrected chi connectivity index (χ3v) is 2.53. The molecular formula is C11H15N3O3. The first kappa shape index (κ1) is 11.8. The highest BCUT2D eigenvalue weighted by Crippen LogP contribution is 2.24. The van der Waals surface area contributed by atoms with Gasteiger partial charge in [-0.05, 0) is 13.3 Å². The van der Waals surface area contributed by atoms with Crippen LogP contribution in [0.2, 0.25) is 0 Å². The summed E-state index contributed by atoms with van der Waals surface area (Å²) in [5.74, 6) is 1.35. The van der Waals surface area contributed by atoms with Crippen molar-refractivity contribution in [3.05, 3.63) is 23.9 Å². The second-order valence-corrected chi connectivity index (χ2v) is 3.90. The van der Waals surface area contributed by atoms with Crippen molar-refractivity contribution in [1.82, 2.24) is 10.1 Å². The molecule has 2 aromatic rings. The van der Waals surface area contributed by atoms with Crippen LogP contribution in [0.25, 0.3) is 11.5 Å². The summed E-state index contributed by atoms with van der Waals surface area (Å²) in [7, 11) is 0. The zero-order valence-corrected chi connectivity index (χ0v) is 9.75. The fourth-order valence-corrected chi connectivity index (χ4v) is 1.43. The Bertz CT molecular complexity index is 492. The van der Waals surface area contributed by atoms with Crippen LogP contribution in [-0.4, -0.2) is 21.3 Å². The van der Waals surface area contributed by atoms with Gasteiger partial charge in [0.15, 0.2) is 11.5 Å². The van der Waals surface area contributed by atoms with Crippen LogP contribution in [0.4, 0.5) is 0 Å². The van der Waals surface area contributed by atoms with Gasteiger partial charge in [0, 0.05) is 12.1 Å². The van der Waals surface area contributed by atoms with E-state index in [2.05, 4.69) is 10.1 Å². The number of oxazole rings is 1. The molecule has 2 atom stereocenters. The van der Waals surface area contributed by atoms with E-state index in [4.69, 9.17) is 14.7 Å². The number of aliphatic hydroxyl groups excluding tert-OH is 1. The van der Waals surface area contributed by atoms with Crippen molar-refractivity contribution in [3.8, 4) is 11.5 Å². The highest BCUT2D eigenvalue weighted by molar-refractivity contribution is 5.50. The van der Waals surface area contributed by atoms with Gasteiger partial charge in [0.1, 0.15) is 11.9 Å². The Morgan fingerprint density at radius 1 is 1.53 bits per heavy atom. The molecule has 0 aliphatic carbocycles. The molecule has 0 amide bonds. The lowest BCUT2D eigenvalue weighted by atomic mass is 10.1. The quantitative estimate of drug-likeness (QED) is 0.834. The molecule has 0 aromatic carbocycles. The summed E-state index contributed by atoms with van der Waals surface area (Å²) >= 11 is 0. The van der Waals surface area contributed by atoms with Crippen LogP contribution in [0.3, 0.4) is 0 Å². The van der Waals surface area contributed by atoms with E-state index < -0.39 is 6.10 Å². The monoisotopic (exact) mass is 237 g/mol. The second kappa shape index (κ2) is 4.68. The lowest BCUT2D eigenvalue weighted by molar-refractivity contribution is 0.114. The summed E-state index contributed by atoms with van der Waals surface area (Å²) in [6.07, 6.45) is 1.24. The summed E-state index contributed by atoms with van der Waals surface area (Å²) in [6, 6.07) is 1.34. The summed E-state index contributed by atoms with van der Waals surface area (Å²) in [4.78, 5) is 3.99. The molecule has 3 N–H and O–H groups in total. The van der Waals surface area contributed by atoms with Gasteiger partial charge < -0.3 is 19.8 Å². The molecule has 0 saturated carbocycles. The van der Waals surface area contributed by atoms with Crippen molar-refractivity contribution in [2.45, 2.75) is 32.4 Å². The molecular weight excluding hydrogens is 222 g/mol. The molecule has 6 heteroatoms. The Balaban J connectivity index is 2.21. The number of aliphatic hydroxyl groups is 1. The average Bonchev–Trinajstić information content (AvgIpc) is 2.95. The maximum Gasteiger partial charge on any atom is 0.225 e. The van der Waals surface area contributed by atoms with Gasteiger partial charge in [0.2, 0.25) is 5.89 Å². The van der Waals surface area contributed by atoms with Gasteiger partial charge in [-0.1, -0.05) is 12.1 Å². The number of aromatic nitrogens is 2. The van der Waals surface area contributed by atoms with E-state index in [1.165, 1.54) is 6.20 Å². The third-order valence-electron chi connectivity index (χ3n) is 2.53. The topological polar surface area (TPSA) is 98.3 Å². The number of hydrogen-bond acceptors (Lipinski definition) is 6. The van der Waals surface area contributed by atoms with Gasteiger partial charge in [0.25, 0.3) is 0 Å². The van der Waals surface area contributed by atoms with Crippen molar-refractivity contribution in [1.29, 1.82) is 0 Å². The fraction of sp³-hybridized carbons (Fsp3) is 0.455. The molecule has 0 spiro atoms. The number of nitrogens with two attached hydrogens (primary N) is 1. The van der Waals surface area contributed by atoms with E-state index in [1.807, 2.05) is 6.92 Å². The van der Waals surface area contributed by atoms with E-state index in [-0.39, 0.29) is 11.9 Å². The van der Waals surface area contributed by atoms with E-state index >= 15 is 0 Å². The first-order valence-electron chi connectivity index (χ1n) is 5.45. The predicted molar refractivity (Wildman–Crippen MR) is 60.0 cm³/mol. The van der Waals surface area contributed by atoms with Crippen LogP contribution < -0.4 is 5.73 Å². The first-order chi connectivity index (χ1) is 8.11. The molecule has 0 aliphatic rings. The Morgan fingerprint density at radius 3 is 2.88 bits per heavy atom. The van der Waals surface area contributed by atoms with Crippen LogP contribution >= 0.6 is 0 Å². The minimum absolute atomic E-state index is 0.204. The number of hydrogen-bond donors (Lipinski definition) is 2. The molecule has 0 fully saturated rings. The first-order valence-corrected chi connectivity index (χ1v) is 5.45. The zero-order valence-electron chi connectivity index (χ0n) is 9.75. The standard InChI is InChI=1S/C11H15N3O3/c1-3-7(12)10(15)11-13-5-9(16-11)8-4-6(2)17-14-8/h4-5,7,10,15H,3,12H2,1-2H3/t7-,10?/m0/s1. The minimum Gasteiger partial charge on any atom is -0.436 e. The van der Waals surface area contributed by atoms with Crippen molar-refractivity contribution >= 4 is 0 Å². The number of nitrogens with zero attached hydrogens (tertiary/aromatic N) is 2. The molecule has 0 radical (unpaired) electrons. The highest BCUT2D eigenvalue weighted by atomic mass is 16.5. The molecule has 2 rings (SSSR count). The number of rotatable bonds is 4. The molecule has 1 unspecified atom stereocenters. The Labute approximate surface area is 98.4 Å². The minimum atomic E-state index is -0.901. The van der Waals surface area contributed by atoms with Gasteiger partial charge in [-0.15, -0.1) is 0 Å².